The molecule has 7 nitrogen and oxygen atoms in total. The summed E-state index contributed by atoms with van der Waals surface area (Å²) in [6.45, 7) is 0. The van der Waals surface area contributed by atoms with E-state index in [0.29, 0.717) is 12.3 Å². The maximum atomic E-state index is 10.6. The predicted molar refractivity (Wildman–Crippen MR) is 68.6 cm³/mol. The molecule has 0 aliphatic heterocycles. The summed E-state index contributed by atoms with van der Waals surface area (Å²) >= 11 is 0. The van der Waals surface area contributed by atoms with Gasteiger partial charge in [0.2, 0.25) is 5.89 Å². The molecular formula is C14H11LiN4O3. The minimum atomic E-state index is -1.47. The average Bonchev–Trinajstić information content (AvgIpc) is 3.07. The van der Waals surface area contributed by atoms with E-state index < -0.39 is 11.9 Å². The van der Waals surface area contributed by atoms with Gasteiger partial charge in [-0.1, -0.05) is 6.07 Å². The van der Waals surface area contributed by atoms with Crippen LogP contribution in [0.15, 0.2) is 28.9 Å². The molecule has 0 atom stereocenters. The number of pyridine rings is 1. The van der Waals surface area contributed by atoms with Crippen LogP contribution >= 0.6 is 0 Å². The molecule has 0 radical (unpaired) electrons. The Balaban J connectivity index is 0.00000144. The fraction of sp³-hybridized carbons (Fsp3) is 0.286. The van der Waals surface area contributed by atoms with E-state index in [1.54, 1.807) is 0 Å². The standard InChI is InChI=1S/C14H12N4O3.Li/c19-14(20)13-17-16-12(21-13)5-10-7-18-6-9(8-1-2-8)3-4-11(18)15-10;/h3-4,6-8H,1-2,5H2,(H,19,20);/q;+1/p-1. The number of nitrogens with zero attached hydrogens (tertiary/aromatic N) is 4. The van der Waals surface area contributed by atoms with E-state index in [-0.39, 0.29) is 24.8 Å². The third-order valence-electron chi connectivity index (χ3n) is 3.55. The Morgan fingerprint density at radius 1 is 1.32 bits per heavy atom. The minimum Gasteiger partial charge on any atom is -0.540 e. The maximum Gasteiger partial charge on any atom is 1.00 e. The monoisotopic (exact) mass is 290 g/mol. The van der Waals surface area contributed by atoms with Gasteiger partial charge in [-0.05, 0) is 30.4 Å². The molecule has 0 spiro atoms. The van der Waals surface area contributed by atoms with Crippen LogP contribution in [0.2, 0.25) is 0 Å². The van der Waals surface area contributed by atoms with Gasteiger partial charge >= 0.3 is 18.9 Å². The minimum absolute atomic E-state index is 0. The summed E-state index contributed by atoms with van der Waals surface area (Å²) in [4.78, 5) is 15.0. The summed E-state index contributed by atoms with van der Waals surface area (Å²) in [6, 6.07) is 4.09. The van der Waals surface area contributed by atoms with Crippen LogP contribution in [0, 0.1) is 0 Å². The first-order chi connectivity index (χ1) is 10.2. The van der Waals surface area contributed by atoms with E-state index in [1.165, 1.54) is 18.4 Å². The Hall–Kier alpha value is -2.10. The molecule has 1 saturated carbocycles. The van der Waals surface area contributed by atoms with Crippen LogP contribution in [0.5, 0.6) is 0 Å². The van der Waals surface area contributed by atoms with E-state index in [2.05, 4.69) is 27.4 Å². The molecule has 3 heterocycles. The van der Waals surface area contributed by atoms with Crippen molar-refractivity contribution < 1.29 is 33.2 Å². The van der Waals surface area contributed by atoms with Crippen molar-refractivity contribution in [1.82, 2.24) is 19.6 Å². The first-order valence-corrected chi connectivity index (χ1v) is 6.70. The number of rotatable bonds is 4. The van der Waals surface area contributed by atoms with E-state index in [0.717, 1.165) is 11.3 Å². The number of aromatic carboxylic acids is 1. The SMILES string of the molecule is O=C([O-])c1nnc(Cc2cn3cc(C4CC4)ccc3n2)o1.[Li+]. The van der Waals surface area contributed by atoms with Crippen LogP contribution in [-0.4, -0.2) is 25.6 Å². The molecule has 0 aromatic carbocycles. The van der Waals surface area contributed by atoms with Crippen LogP contribution in [0.1, 0.15) is 46.6 Å². The molecule has 106 valence electrons. The van der Waals surface area contributed by atoms with Gasteiger partial charge in [0, 0.05) is 12.4 Å². The van der Waals surface area contributed by atoms with Crippen LogP contribution in [-0.2, 0) is 6.42 Å². The van der Waals surface area contributed by atoms with Gasteiger partial charge in [-0.3, -0.25) is 0 Å². The van der Waals surface area contributed by atoms with E-state index in [9.17, 15) is 9.90 Å². The number of hydrogen-bond acceptors (Lipinski definition) is 6. The predicted octanol–water partition coefficient (Wildman–Crippen LogP) is -2.45. The number of fused-ring (bicyclic) bond motifs is 1. The number of carboxylic acids is 1. The van der Waals surface area contributed by atoms with Crippen molar-refractivity contribution in [2.75, 3.05) is 0 Å². The Morgan fingerprint density at radius 2 is 2.14 bits per heavy atom. The molecule has 0 bridgehead atoms. The molecule has 0 N–H and O–H groups in total. The molecule has 0 amide bonds. The Morgan fingerprint density at radius 3 is 2.82 bits per heavy atom. The Labute approximate surface area is 137 Å². The maximum absolute atomic E-state index is 10.6. The smallest absolute Gasteiger partial charge is 0.540 e. The van der Waals surface area contributed by atoms with Crippen LogP contribution in [0.3, 0.4) is 0 Å². The van der Waals surface area contributed by atoms with E-state index in [4.69, 9.17) is 4.42 Å². The van der Waals surface area contributed by atoms with Crippen molar-refractivity contribution in [2.45, 2.75) is 25.2 Å². The summed E-state index contributed by atoms with van der Waals surface area (Å²) in [7, 11) is 0. The molecule has 22 heavy (non-hydrogen) atoms. The van der Waals surface area contributed by atoms with Gasteiger partial charge in [-0.15, -0.1) is 10.2 Å². The van der Waals surface area contributed by atoms with Gasteiger partial charge in [0.15, 0.2) is 0 Å². The number of hydrogen-bond donors (Lipinski definition) is 0. The first kappa shape index (κ1) is 14.8. The second-order valence-corrected chi connectivity index (χ2v) is 5.20. The summed E-state index contributed by atoms with van der Waals surface area (Å²) < 4.78 is 6.95. The topological polar surface area (TPSA) is 96.3 Å². The summed E-state index contributed by atoms with van der Waals surface area (Å²) in [5.74, 6) is -1.09. The normalized spacial score (nSPS) is 14.0. The van der Waals surface area contributed by atoms with Crippen molar-refractivity contribution >= 4 is 11.6 Å². The van der Waals surface area contributed by atoms with Crippen molar-refractivity contribution in [3.05, 3.63) is 47.6 Å². The fourth-order valence-electron chi connectivity index (χ4n) is 2.37. The number of aromatic nitrogens is 4. The van der Waals surface area contributed by atoms with Gasteiger partial charge in [-0.25, -0.2) is 4.98 Å². The second-order valence-electron chi connectivity index (χ2n) is 5.20. The zero-order chi connectivity index (χ0) is 14.4. The zero-order valence-electron chi connectivity index (χ0n) is 12.0. The largest absolute Gasteiger partial charge is 1.00 e. The van der Waals surface area contributed by atoms with Gasteiger partial charge < -0.3 is 18.7 Å². The number of imidazole rings is 1. The van der Waals surface area contributed by atoms with Crippen molar-refractivity contribution in [2.24, 2.45) is 0 Å². The summed E-state index contributed by atoms with van der Waals surface area (Å²) in [5, 5.41) is 17.7. The van der Waals surface area contributed by atoms with Crippen LogP contribution in [0.4, 0.5) is 0 Å². The molecule has 4 rings (SSSR count). The number of carbonyl (C=O) groups is 1. The molecule has 0 unspecified atom stereocenters. The average molecular weight is 290 g/mol. The Bertz CT molecular complexity index is 838. The van der Waals surface area contributed by atoms with Gasteiger partial charge in [0.1, 0.15) is 11.6 Å². The first-order valence-electron chi connectivity index (χ1n) is 6.70. The molecular weight excluding hydrogens is 279 g/mol. The van der Waals surface area contributed by atoms with E-state index >= 15 is 0 Å². The van der Waals surface area contributed by atoms with Crippen molar-refractivity contribution in [3.8, 4) is 0 Å². The molecule has 3 aromatic heterocycles. The Kier molecular flexibility index (Phi) is 3.77. The van der Waals surface area contributed by atoms with Crippen molar-refractivity contribution in [3.63, 3.8) is 0 Å². The van der Waals surface area contributed by atoms with Gasteiger partial charge in [0.25, 0.3) is 5.89 Å². The molecule has 0 saturated heterocycles. The summed E-state index contributed by atoms with van der Waals surface area (Å²) in [5.41, 5.74) is 2.91. The van der Waals surface area contributed by atoms with Gasteiger partial charge in [-0.2, -0.15) is 0 Å². The molecule has 1 aliphatic rings. The second kappa shape index (κ2) is 5.59. The zero-order valence-corrected chi connectivity index (χ0v) is 12.0. The molecule has 8 heteroatoms. The quantitative estimate of drug-likeness (QED) is 0.495. The van der Waals surface area contributed by atoms with Crippen molar-refractivity contribution in [1.29, 1.82) is 0 Å². The summed E-state index contributed by atoms with van der Waals surface area (Å²) in [6.07, 6.45) is 6.77. The van der Waals surface area contributed by atoms with Crippen LogP contribution < -0.4 is 24.0 Å². The third-order valence-corrected chi connectivity index (χ3v) is 3.55. The molecule has 1 fully saturated rings. The number of carbonyl (C=O) groups excluding carboxylic acids is 1. The number of carboxylic acid groups (broad SMARTS) is 1. The van der Waals surface area contributed by atoms with E-state index in [1.807, 2.05) is 16.7 Å². The third kappa shape index (κ3) is 2.78. The van der Waals surface area contributed by atoms with Crippen LogP contribution in [0.25, 0.3) is 5.65 Å². The fourth-order valence-corrected chi connectivity index (χ4v) is 2.37. The molecule has 1 aliphatic carbocycles. The van der Waals surface area contributed by atoms with Gasteiger partial charge in [0.05, 0.1) is 12.1 Å². The molecule has 3 aromatic rings.